The SMILES string of the molecule is N=C(OCc1nc(NC2CC2)c2c(n1)N(c1cnc(N3CCCCC3)nc1)C(=O)C21CCCC1)N1CCC[C@@H]1C(F)(F)F. The molecule has 0 radical (unpaired) electrons. The van der Waals surface area contributed by atoms with Crippen LogP contribution in [0.1, 0.15) is 82.0 Å². The molecule has 1 atom stereocenters. The van der Waals surface area contributed by atoms with Gasteiger partial charge in [0.1, 0.15) is 17.7 Å². The molecule has 7 rings (SSSR count). The third-order valence-corrected chi connectivity index (χ3v) is 9.37. The molecule has 14 heteroatoms. The second-order valence-corrected chi connectivity index (χ2v) is 12.3. The molecule has 0 unspecified atom stereocenters. The number of amidine groups is 1. The van der Waals surface area contributed by atoms with E-state index in [1.165, 1.54) is 6.42 Å². The second-order valence-electron chi connectivity index (χ2n) is 12.3. The third-order valence-electron chi connectivity index (χ3n) is 9.37. The Kier molecular flexibility index (Phi) is 7.04. The molecule has 2 saturated carbocycles. The zero-order chi connectivity index (χ0) is 29.8. The summed E-state index contributed by atoms with van der Waals surface area (Å²) in [5, 5.41) is 11.8. The lowest BCUT2D eigenvalue weighted by molar-refractivity contribution is -0.169. The Morgan fingerprint density at radius 1 is 1.00 bits per heavy atom. The lowest BCUT2D eigenvalue weighted by atomic mass is 9.80. The maximum Gasteiger partial charge on any atom is 0.408 e. The predicted octanol–water partition coefficient (Wildman–Crippen LogP) is 4.80. The van der Waals surface area contributed by atoms with Crippen LogP contribution in [0.3, 0.4) is 0 Å². The van der Waals surface area contributed by atoms with Crippen LogP contribution in [0.4, 0.5) is 36.4 Å². The zero-order valence-corrected chi connectivity index (χ0v) is 24.0. The van der Waals surface area contributed by atoms with Crippen molar-refractivity contribution >= 4 is 35.2 Å². The Labute approximate surface area is 247 Å². The molecule has 230 valence electrons. The number of rotatable bonds is 6. The van der Waals surface area contributed by atoms with Crippen molar-refractivity contribution in [3.8, 4) is 0 Å². The molecule has 4 fully saturated rings. The van der Waals surface area contributed by atoms with Gasteiger partial charge in [-0.25, -0.2) is 19.9 Å². The van der Waals surface area contributed by atoms with Crippen molar-refractivity contribution in [2.45, 2.75) is 101 Å². The quantitative estimate of drug-likeness (QED) is 0.356. The smallest absolute Gasteiger partial charge is 0.408 e. The van der Waals surface area contributed by atoms with Crippen LogP contribution >= 0.6 is 0 Å². The Hall–Kier alpha value is -3.71. The number of halogens is 3. The summed E-state index contributed by atoms with van der Waals surface area (Å²) in [4.78, 5) is 37.7. The molecular weight excluding hydrogens is 563 g/mol. The van der Waals surface area contributed by atoms with Crippen LogP contribution in [0.15, 0.2) is 12.4 Å². The van der Waals surface area contributed by atoms with E-state index in [-0.39, 0.29) is 37.3 Å². The maximum atomic E-state index is 14.3. The van der Waals surface area contributed by atoms with E-state index in [2.05, 4.69) is 20.2 Å². The molecule has 0 aromatic carbocycles. The van der Waals surface area contributed by atoms with Gasteiger partial charge in [0.25, 0.3) is 6.02 Å². The highest BCUT2D eigenvalue weighted by Crippen LogP contribution is 2.55. The normalized spacial score (nSPS) is 23.3. The van der Waals surface area contributed by atoms with E-state index in [9.17, 15) is 18.0 Å². The Morgan fingerprint density at radius 2 is 1.72 bits per heavy atom. The number of likely N-dealkylation sites (tertiary alicyclic amines) is 1. The van der Waals surface area contributed by atoms with Gasteiger partial charge in [0.15, 0.2) is 12.4 Å². The number of hydrogen-bond donors (Lipinski definition) is 2. The molecule has 2 aliphatic carbocycles. The van der Waals surface area contributed by atoms with Gasteiger partial charge in [-0.05, 0) is 57.8 Å². The summed E-state index contributed by atoms with van der Waals surface area (Å²) in [5.41, 5.74) is 0.508. The van der Waals surface area contributed by atoms with Crippen LogP contribution < -0.4 is 15.1 Å². The van der Waals surface area contributed by atoms with Gasteiger partial charge in [0.05, 0.1) is 29.1 Å². The first kappa shape index (κ1) is 28.1. The fraction of sp³-hybridized carbons (Fsp3) is 0.655. The van der Waals surface area contributed by atoms with E-state index in [4.69, 9.17) is 20.1 Å². The number of amides is 1. The summed E-state index contributed by atoms with van der Waals surface area (Å²) in [5.74, 6) is 1.73. The molecule has 2 aromatic heterocycles. The van der Waals surface area contributed by atoms with Crippen LogP contribution in [-0.4, -0.2) is 74.7 Å². The van der Waals surface area contributed by atoms with E-state index in [1.807, 2.05) is 0 Å². The topological polar surface area (TPSA) is 123 Å². The number of fused-ring (bicyclic) bond motifs is 2. The number of hydrogen-bond acceptors (Lipinski definition) is 9. The van der Waals surface area contributed by atoms with Crippen LogP contribution in [-0.2, 0) is 21.6 Å². The molecular formula is C29H36F3N9O2. The lowest BCUT2D eigenvalue weighted by Gasteiger charge is -2.27. The van der Waals surface area contributed by atoms with E-state index >= 15 is 0 Å². The van der Waals surface area contributed by atoms with Gasteiger partial charge in [0, 0.05) is 25.7 Å². The highest BCUT2D eigenvalue weighted by molar-refractivity contribution is 6.13. The Bertz CT molecular complexity index is 1390. The number of anilines is 4. The summed E-state index contributed by atoms with van der Waals surface area (Å²) in [6.45, 7) is 1.60. The fourth-order valence-corrected chi connectivity index (χ4v) is 7.04. The van der Waals surface area contributed by atoms with Crippen LogP contribution in [0.5, 0.6) is 0 Å². The van der Waals surface area contributed by atoms with E-state index < -0.39 is 23.7 Å². The molecule has 3 aliphatic heterocycles. The van der Waals surface area contributed by atoms with Crippen molar-refractivity contribution in [3.63, 3.8) is 0 Å². The number of aromatic nitrogens is 4. The summed E-state index contributed by atoms with van der Waals surface area (Å²) in [6.07, 6.45) is 7.67. The Balaban J connectivity index is 1.22. The standard InChI is InChI=1S/C29H36F3N9O2/c30-29(31,32)20-7-6-14-40(20)26(33)43-17-21-37-23(36-18-8-9-18)22-24(38-21)41(25(42)28(22)10-2-3-11-28)19-15-34-27(35-16-19)39-12-4-1-5-13-39/h15-16,18,20,33H,1-14,17H2,(H,36,37,38)/t20-/m1/s1. The van der Waals surface area contributed by atoms with Crippen molar-refractivity contribution in [1.29, 1.82) is 5.41 Å². The third kappa shape index (κ3) is 5.12. The van der Waals surface area contributed by atoms with Crippen molar-refractivity contribution in [2.24, 2.45) is 0 Å². The molecule has 1 spiro atoms. The van der Waals surface area contributed by atoms with Gasteiger partial charge in [-0.3, -0.25) is 15.1 Å². The minimum atomic E-state index is -4.44. The number of carbonyl (C=O) groups excluding carboxylic acids is 1. The molecule has 43 heavy (non-hydrogen) atoms. The number of carbonyl (C=O) groups is 1. The summed E-state index contributed by atoms with van der Waals surface area (Å²) in [7, 11) is 0. The van der Waals surface area contributed by atoms with Gasteiger partial charge in [-0.1, -0.05) is 12.8 Å². The molecule has 0 bridgehead atoms. The highest BCUT2D eigenvalue weighted by Gasteiger charge is 2.56. The van der Waals surface area contributed by atoms with Gasteiger partial charge in [0.2, 0.25) is 11.9 Å². The average Bonchev–Trinajstić information content (AvgIpc) is 3.38. The molecule has 2 N–H and O–H groups in total. The zero-order valence-electron chi connectivity index (χ0n) is 24.0. The summed E-state index contributed by atoms with van der Waals surface area (Å²) < 4.78 is 46.1. The first-order chi connectivity index (χ1) is 20.7. The highest BCUT2D eigenvalue weighted by atomic mass is 19.4. The lowest BCUT2D eigenvalue weighted by Crippen LogP contribution is -2.45. The number of ether oxygens (including phenoxy) is 1. The van der Waals surface area contributed by atoms with Gasteiger partial charge < -0.3 is 19.9 Å². The predicted molar refractivity (Wildman–Crippen MR) is 152 cm³/mol. The molecule has 1 amide bonds. The molecule has 2 aromatic rings. The summed E-state index contributed by atoms with van der Waals surface area (Å²) in [6, 6.07) is -2.06. The number of piperidine rings is 1. The second kappa shape index (κ2) is 10.8. The average molecular weight is 600 g/mol. The molecule has 5 aliphatic rings. The minimum absolute atomic E-state index is 0.0716. The van der Waals surface area contributed by atoms with Crippen molar-refractivity contribution in [3.05, 3.63) is 23.8 Å². The van der Waals surface area contributed by atoms with Crippen LogP contribution in [0, 0.1) is 5.41 Å². The van der Waals surface area contributed by atoms with Crippen molar-refractivity contribution in [2.75, 3.05) is 34.8 Å². The van der Waals surface area contributed by atoms with E-state index in [0.29, 0.717) is 42.5 Å². The van der Waals surface area contributed by atoms with Crippen LogP contribution in [0.25, 0.3) is 0 Å². The largest absolute Gasteiger partial charge is 0.457 e. The number of nitrogens with zero attached hydrogens (tertiary/aromatic N) is 7. The van der Waals surface area contributed by atoms with E-state index in [1.54, 1.807) is 17.3 Å². The van der Waals surface area contributed by atoms with Crippen molar-refractivity contribution < 1.29 is 22.7 Å². The summed E-state index contributed by atoms with van der Waals surface area (Å²) >= 11 is 0. The van der Waals surface area contributed by atoms with Gasteiger partial charge >= 0.3 is 6.18 Å². The van der Waals surface area contributed by atoms with E-state index in [0.717, 1.165) is 62.1 Å². The number of alkyl halides is 3. The van der Waals surface area contributed by atoms with Gasteiger partial charge in [-0.15, -0.1) is 0 Å². The first-order valence-corrected chi connectivity index (χ1v) is 15.4. The maximum absolute atomic E-state index is 14.3. The van der Waals surface area contributed by atoms with Gasteiger partial charge in [-0.2, -0.15) is 13.2 Å². The van der Waals surface area contributed by atoms with Crippen molar-refractivity contribution in [1.82, 2.24) is 24.8 Å². The first-order valence-electron chi connectivity index (χ1n) is 15.4. The molecule has 11 nitrogen and oxygen atoms in total. The minimum Gasteiger partial charge on any atom is -0.457 e. The molecule has 2 saturated heterocycles. The van der Waals surface area contributed by atoms with Crippen LogP contribution in [0.2, 0.25) is 0 Å². The Morgan fingerprint density at radius 3 is 2.40 bits per heavy atom. The fourth-order valence-electron chi connectivity index (χ4n) is 7.04. The monoisotopic (exact) mass is 599 g/mol. The number of nitrogens with one attached hydrogen (secondary N) is 2. The molecule has 5 heterocycles.